The first-order valence-electron chi connectivity index (χ1n) is 5.21. The van der Waals surface area contributed by atoms with E-state index >= 15 is 0 Å². The SMILES string of the molecule is CCC(C)C(C)C(C)C(C)C(N)=O. The summed E-state index contributed by atoms with van der Waals surface area (Å²) in [7, 11) is 0. The van der Waals surface area contributed by atoms with Gasteiger partial charge in [0.05, 0.1) is 0 Å². The van der Waals surface area contributed by atoms with E-state index in [1.807, 2.05) is 6.92 Å². The molecule has 0 bridgehead atoms. The monoisotopic (exact) mass is 185 g/mol. The molecule has 0 aromatic carbocycles. The predicted molar refractivity (Wildman–Crippen MR) is 56.1 cm³/mol. The molecule has 13 heavy (non-hydrogen) atoms. The molecule has 0 aliphatic carbocycles. The van der Waals surface area contributed by atoms with Crippen molar-refractivity contribution in [1.82, 2.24) is 0 Å². The van der Waals surface area contributed by atoms with Crippen LogP contribution < -0.4 is 5.73 Å². The standard InChI is InChI=1S/C11H23NO/c1-6-7(2)8(3)9(4)10(5)11(12)13/h7-10H,6H2,1-5H3,(H2,12,13). The summed E-state index contributed by atoms with van der Waals surface area (Å²) in [4.78, 5) is 11.0. The van der Waals surface area contributed by atoms with Gasteiger partial charge in [-0.05, 0) is 17.8 Å². The summed E-state index contributed by atoms with van der Waals surface area (Å²) in [6.07, 6.45) is 1.16. The topological polar surface area (TPSA) is 43.1 Å². The lowest BCUT2D eigenvalue weighted by Gasteiger charge is -2.28. The van der Waals surface area contributed by atoms with E-state index in [0.717, 1.165) is 6.42 Å². The van der Waals surface area contributed by atoms with E-state index in [4.69, 9.17) is 5.73 Å². The Bertz CT molecular complexity index is 167. The normalized spacial score (nSPS) is 20.4. The van der Waals surface area contributed by atoms with Gasteiger partial charge in [-0.15, -0.1) is 0 Å². The van der Waals surface area contributed by atoms with Crippen molar-refractivity contribution in [2.75, 3.05) is 0 Å². The number of hydrogen-bond donors (Lipinski definition) is 1. The largest absolute Gasteiger partial charge is 0.369 e. The highest BCUT2D eigenvalue weighted by molar-refractivity contribution is 5.76. The van der Waals surface area contributed by atoms with Gasteiger partial charge in [0.1, 0.15) is 0 Å². The minimum absolute atomic E-state index is 0.0102. The van der Waals surface area contributed by atoms with Crippen LogP contribution in [0.2, 0.25) is 0 Å². The zero-order valence-electron chi connectivity index (χ0n) is 9.50. The molecule has 0 fully saturated rings. The van der Waals surface area contributed by atoms with E-state index in [9.17, 15) is 4.79 Å². The van der Waals surface area contributed by atoms with E-state index in [0.29, 0.717) is 17.8 Å². The van der Waals surface area contributed by atoms with Gasteiger partial charge >= 0.3 is 0 Å². The lowest BCUT2D eigenvalue weighted by molar-refractivity contribution is -0.123. The van der Waals surface area contributed by atoms with Crippen molar-refractivity contribution in [2.24, 2.45) is 29.4 Å². The smallest absolute Gasteiger partial charge is 0.220 e. The number of hydrogen-bond acceptors (Lipinski definition) is 1. The molecule has 78 valence electrons. The van der Waals surface area contributed by atoms with Crippen LogP contribution in [0.1, 0.15) is 41.0 Å². The quantitative estimate of drug-likeness (QED) is 0.702. The maximum Gasteiger partial charge on any atom is 0.220 e. The van der Waals surface area contributed by atoms with Crippen LogP contribution in [0.25, 0.3) is 0 Å². The van der Waals surface area contributed by atoms with Crippen molar-refractivity contribution in [3.63, 3.8) is 0 Å². The highest BCUT2D eigenvalue weighted by atomic mass is 16.1. The van der Waals surface area contributed by atoms with Gasteiger partial charge in [-0.25, -0.2) is 0 Å². The molecule has 0 aromatic rings. The fraction of sp³-hybridized carbons (Fsp3) is 0.909. The van der Waals surface area contributed by atoms with E-state index < -0.39 is 0 Å². The van der Waals surface area contributed by atoms with Gasteiger partial charge < -0.3 is 5.73 Å². The third kappa shape index (κ3) is 3.37. The van der Waals surface area contributed by atoms with Crippen LogP contribution in [0, 0.1) is 23.7 Å². The Morgan fingerprint density at radius 1 is 1.15 bits per heavy atom. The third-order valence-electron chi connectivity index (χ3n) is 3.61. The summed E-state index contributed by atoms with van der Waals surface area (Å²) in [5, 5.41) is 0. The zero-order chi connectivity index (χ0) is 10.6. The van der Waals surface area contributed by atoms with Gasteiger partial charge in [-0.1, -0.05) is 41.0 Å². The van der Waals surface area contributed by atoms with Crippen LogP contribution >= 0.6 is 0 Å². The number of carbonyl (C=O) groups is 1. The minimum Gasteiger partial charge on any atom is -0.369 e. The number of rotatable bonds is 5. The second-order valence-electron chi connectivity index (χ2n) is 4.29. The molecule has 2 N–H and O–H groups in total. The molecule has 1 amide bonds. The van der Waals surface area contributed by atoms with Crippen LogP contribution in [0.15, 0.2) is 0 Å². The summed E-state index contributed by atoms with van der Waals surface area (Å²) in [6.45, 7) is 10.7. The highest BCUT2D eigenvalue weighted by Gasteiger charge is 2.25. The molecule has 0 rings (SSSR count). The van der Waals surface area contributed by atoms with E-state index in [1.54, 1.807) is 0 Å². The van der Waals surface area contributed by atoms with Crippen molar-refractivity contribution >= 4 is 5.91 Å². The van der Waals surface area contributed by atoms with Gasteiger partial charge in [0, 0.05) is 5.92 Å². The van der Waals surface area contributed by atoms with Crippen molar-refractivity contribution in [1.29, 1.82) is 0 Å². The molecule has 0 aliphatic heterocycles. The number of carbonyl (C=O) groups excluding carboxylic acids is 1. The maximum atomic E-state index is 11.0. The van der Waals surface area contributed by atoms with Gasteiger partial charge in [0.15, 0.2) is 0 Å². The van der Waals surface area contributed by atoms with E-state index in [-0.39, 0.29) is 11.8 Å². The molecule has 4 atom stereocenters. The Balaban J connectivity index is 4.24. The Kier molecular flexibility index (Phi) is 5.04. The van der Waals surface area contributed by atoms with Crippen molar-refractivity contribution in [2.45, 2.75) is 41.0 Å². The zero-order valence-corrected chi connectivity index (χ0v) is 9.50. The molecule has 4 unspecified atom stereocenters. The van der Waals surface area contributed by atoms with Gasteiger partial charge in [-0.2, -0.15) is 0 Å². The minimum atomic E-state index is -0.178. The molecule has 0 radical (unpaired) electrons. The molecule has 0 spiro atoms. The lowest BCUT2D eigenvalue weighted by Crippen LogP contribution is -2.31. The molecule has 2 nitrogen and oxygen atoms in total. The van der Waals surface area contributed by atoms with Crippen LogP contribution in [-0.4, -0.2) is 5.91 Å². The van der Waals surface area contributed by atoms with Crippen molar-refractivity contribution in [3.05, 3.63) is 0 Å². The first-order valence-corrected chi connectivity index (χ1v) is 5.21. The molecule has 0 aliphatic rings. The molecular formula is C11H23NO. The fourth-order valence-corrected chi connectivity index (χ4v) is 1.60. The summed E-state index contributed by atoms with van der Waals surface area (Å²) in [5.74, 6) is 1.42. The second kappa shape index (κ2) is 5.25. The molecule has 0 aromatic heterocycles. The summed E-state index contributed by atoms with van der Waals surface area (Å²) in [5.41, 5.74) is 5.28. The van der Waals surface area contributed by atoms with Gasteiger partial charge in [0.2, 0.25) is 5.91 Å². The number of primary amides is 1. The Morgan fingerprint density at radius 2 is 1.62 bits per heavy atom. The van der Waals surface area contributed by atoms with Crippen molar-refractivity contribution in [3.8, 4) is 0 Å². The summed E-state index contributed by atoms with van der Waals surface area (Å²) < 4.78 is 0. The van der Waals surface area contributed by atoms with Crippen LogP contribution in [0.5, 0.6) is 0 Å². The van der Waals surface area contributed by atoms with Gasteiger partial charge in [0.25, 0.3) is 0 Å². The van der Waals surface area contributed by atoms with Crippen molar-refractivity contribution < 1.29 is 4.79 Å². The Morgan fingerprint density at radius 3 is 1.92 bits per heavy atom. The van der Waals surface area contributed by atoms with E-state index in [2.05, 4.69) is 27.7 Å². The Hall–Kier alpha value is -0.530. The second-order valence-corrected chi connectivity index (χ2v) is 4.29. The molecule has 0 saturated heterocycles. The summed E-state index contributed by atoms with van der Waals surface area (Å²) in [6, 6.07) is 0. The predicted octanol–water partition coefficient (Wildman–Crippen LogP) is 2.43. The van der Waals surface area contributed by atoms with Crippen LogP contribution in [0.3, 0.4) is 0 Å². The first kappa shape index (κ1) is 12.5. The average Bonchev–Trinajstić information content (AvgIpc) is 2.12. The molecule has 0 saturated carbocycles. The number of nitrogens with two attached hydrogens (primary N) is 1. The molecular weight excluding hydrogens is 162 g/mol. The highest BCUT2D eigenvalue weighted by Crippen LogP contribution is 2.28. The molecule has 2 heteroatoms. The lowest BCUT2D eigenvalue weighted by atomic mass is 9.77. The maximum absolute atomic E-state index is 11.0. The van der Waals surface area contributed by atoms with E-state index in [1.165, 1.54) is 0 Å². The Labute approximate surface area is 81.9 Å². The van der Waals surface area contributed by atoms with Crippen LogP contribution in [-0.2, 0) is 4.79 Å². The van der Waals surface area contributed by atoms with Crippen LogP contribution in [0.4, 0.5) is 0 Å². The summed E-state index contributed by atoms with van der Waals surface area (Å²) >= 11 is 0. The van der Waals surface area contributed by atoms with Gasteiger partial charge in [-0.3, -0.25) is 4.79 Å². The molecule has 0 heterocycles. The first-order chi connectivity index (χ1) is 5.91. The fourth-order valence-electron chi connectivity index (χ4n) is 1.60. The number of amides is 1. The third-order valence-corrected chi connectivity index (χ3v) is 3.61. The average molecular weight is 185 g/mol.